The highest BCUT2D eigenvalue weighted by Crippen LogP contribution is 2.47. The second-order valence-electron chi connectivity index (χ2n) is 7.59. The summed E-state index contributed by atoms with van der Waals surface area (Å²) < 4.78 is 6.46. The van der Waals surface area contributed by atoms with Gasteiger partial charge in [-0.15, -0.1) is 0 Å². The minimum Gasteiger partial charge on any atom is -0.439 e. The van der Waals surface area contributed by atoms with Gasteiger partial charge in [-0.05, 0) is 62.4 Å². The summed E-state index contributed by atoms with van der Waals surface area (Å²) in [4.78, 5) is 2.35. The van der Waals surface area contributed by atoms with Gasteiger partial charge in [0.1, 0.15) is 5.58 Å². The molecule has 2 heteroatoms. The molecule has 0 aliphatic carbocycles. The predicted molar refractivity (Wildman–Crippen MR) is 113 cm³/mol. The normalized spacial score (nSPS) is 13.4. The van der Waals surface area contributed by atoms with Gasteiger partial charge in [-0.1, -0.05) is 54.1 Å². The number of furan rings is 1. The van der Waals surface area contributed by atoms with Crippen LogP contribution >= 0.6 is 0 Å². The van der Waals surface area contributed by atoms with Crippen molar-refractivity contribution in [2.75, 3.05) is 4.90 Å². The number of benzene rings is 3. The number of aryl methyl sites for hydroxylation is 5. The van der Waals surface area contributed by atoms with Crippen LogP contribution in [0, 0.1) is 20.8 Å². The highest BCUT2D eigenvalue weighted by atomic mass is 16.4. The van der Waals surface area contributed by atoms with Gasteiger partial charge in [0.05, 0.1) is 11.4 Å². The third-order valence-corrected chi connectivity index (χ3v) is 5.62. The first-order valence-electron chi connectivity index (χ1n) is 9.60. The summed E-state index contributed by atoms with van der Waals surface area (Å²) in [5, 5.41) is 1.23. The molecule has 0 saturated carbocycles. The Balaban J connectivity index is 1.87. The summed E-state index contributed by atoms with van der Waals surface area (Å²) in [6.45, 7) is 6.56. The zero-order valence-corrected chi connectivity index (χ0v) is 16.0. The summed E-state index contributed by atoms with van der Waals surface area (Å²) in [6, 6.07) is 21.6. The third-order valence-electron chi connectivity index (χ3n) is 5.62. The van der Waals surface area contributed by atoms with E-state index in [0.717, 1.165) is 24.3 Å². The standard InChI is InChI=1S/C25H23NO/c1-16-14-17(2)24(18(3)15-16)26-22-10-6-4-8-19(22)12-13-21-20-9-5-7-11-23(20)27-25(21)26/h4-11,14-15H,12-13H2,1-3H3. The molecule has 0 spiro atoms. The SMILES string of the molecule is Cc1cc(C)c(N2c3ccccc3CCc3c2oc2ccccc32)c(C)c1. The van der Waals surface area contributed by atoms with Crippen LogP contribution in [0.15, 0.2) is 65.1 Å². The molecule has 0 radical (unpaired) electrons. The number of hydrogen-bond donors (Lipinski definition) is 0. The monoisotopic (exact) mass is 353 g/mol. The first-order chi connectivity index (χ1) is 13.1. The highest BCUT2D eigenvalue weighted by molar-refractivity contribution is 5.92. The van der Waals surface area contributed by atoms with Crippen molar-refractivity contribution in [3.63, 3.8) is 0 Å². The lowest BCUT2D eigenvalue weighted by atomic mass is 10.0. The maximum atomic E-state index is 6.46. The topological polar surface area (TPSA) is 16.4 Å². The van der Waals surface area contributed by atoms with E-state index in [0.29, 0.717) is 0 Å². The van der Waals surface area contributed by atoms with E-state index >= 15 is 0 Å². The van der Waals surface area contributed by atoms with Gasteiger partial charge >= 0.3 is 0 Å². The molecule has 1 aliphatic heterocycles. The fraction of sp³-hybridized carbons (Fsp3) is 0.200. The predicted octanol–water partition coefficient (Wildman–Crippen LogP) is 6.93. The second kappa shape index (κ2) is 6.02. The quantitative estimate of drug-likeness (QED) is 0.369. The highest BCUT2D eigenvalue weighted by Gasteiger charge is 2.29. The van der Waals surface area contributed by atoms with Crippen LogP contribution in [-0.4, -0.2) is 0 Å². The minimum atomic E-state index is 0.967. The Morgan fingerprint density at radius 2 is 1.52 bits per heavy atom. The number of fused-ring (bicyclic) bond motifs is 4. The number of anilines is 3. The lowest BCUT2D eigenvalue weighted by molar-refractivity contribution is 0.617. The van der Waals surface area contributed by atoms with Crippen molar-refractivity contribution in [1.29, 1.82) is 0 Å². The van der Waals surface area contributed by atoms with E-state index in [2.05, 4.69) is 80.3 Å². The van der Waals surface area contributed by atoms with Crippen LogP contribution in [0.4, 0.5) is 17.3 Å². The first-order valence-corrected chi connectivity index (χ1v) is 9.60. The molecule has 4 aromatic rings. The van der Waals surface area contributed by atoms with Gasteiger partial charge in [0.2, 0.25) is 5.88 Å². The van der Waals surface area contributed by atoms with E-state index < -0.39 is 0 Å². The van der Waals surface area contributed by atoms with Crippen molar-refractivity contribution in [1.82, 2.24) is 0 Å². The first kappa shape index (κ1) is 16.2. The Morgan fingerprint density at radius 3 is 2.33 bits per heavy atom. The molecule has 1 aromatic heterocycles. The van der Waals surface area contributed by atoms with E-state index in [-0.39, 0.29) is 0 Å². The number of rotatable bonds is 1. The molecule has 0 unspecified atom stereocenters. The largest absolute Gasteiger partial charge is 0.439 e. The molecule has 0 amide bonds. The molecule has 0 atom stereocenters. The van der Waals surface area contributed by atoms with E-state index in [9.17, 15) is 0 Å². The Morgan fingerprint density at radius 1 is 0.815 bits per heavy atom. The van der Waals surface area contributed by atoms with Crippen molar-refractivity contribution in [3.05, 3.63) is 88.5 Å². The van der Waals surface area contributed by atoms with Crippen LogP contribution in [0.1, 0.15) is 27.8 Å². The summed E-state index contributed by atoms with van der Waals surface area (Å²) in [7, 11) is 0. The molecule has 0 fully saturated rings. The van der Waals surface area contributed by atoms with Crippen LogP contribution in [0.25, 0.3) is 11.0 Å². The molecule has 0 N–H and O–H groups in total. The zero-order chi connectivity index (χ0) is 18.5. The zero-order valence-electron chi connectivity index (χ0n) is 16.0. The fourth-order valence-electron chi connectivity index (χ4n) is 4.56. The summed E-state index contributed by atoms with van der Waals surface area (Å²) >= 11 is 0. The van der Waals surface area contributed by atoms with Crippen LogP contribution in [0.2, 0.25) is 0 Å². The van der Waals surface area contributed by atoms with Gasteiger partial charge in [0.15, 0.2) is 0 Å². The molecular formula is C25H23NO. The van der Waals surface area contributed by atoms with Gasteiger partial charge in [0.25, 0.3) is 0 Å². The number of para-hydroxylation sites is 2. The second-order valence-corrected chi connectivity index (χ2v) is 7.59. The van der Waals surface area contributed by atoms with Crippen molar-refractivity contribution < 1.29 is 4.42 Å². The van der Waals surface area contributed by atoms with Crippen molar-refractivity contribution in [2.45, 2.75) is 33.6 Å². The molecule has 0 saturated heterocycles. The van der Waals surface area contributed by atoms with Crippen LogP contribution in [-0.2, 0) is 12.8 Å². The summed E-state index contributed by atoms with van der Waals surface area (Å²) in [5.74, 6) is 0.969. The van der Waals surface area contributed by atoms with Crippen molar-refractivity contribution >= 4 is 28.2 Å². The summed E-state index contributed by atoms with van der Waals surface area (Å²) in [5.41, 5.74) is 9.94. The number of hydrogen-bond acceptors (Lipinski definition) is 2. The molecular weight excluding hydrogens is 330 g/mol. The van der Waals surface area contributed by atoms with Crippen LogP contribution in [0.5, 0.6) is 0 Å². The minimum absolute atomic E-state index is 0.967. The molecule has 2 heterocycles. The van der Waals surface area contributed by atoms with Crippen LogP contribution < -0.4 is 4.90 Å². The number of nitrogens with zero attached hydrogens (tertiary/aromatic N) is 1. The van der Waals surface area contributed by atoms with Gasteiger partial charge in [-0.3, -0.25) is 4.90 Å². The molecule has 134 valence electrons. The summed E-state index contributed by atoms with van der Waals surface area (Å²) in [6.07, 6.45) is 2.01. The third kappa shape index (κ3) is 2.48. The molecule has 5 rings (SSSR count). The smallest absolute Gasteiger partial charge is 0.209 e. The van der Waals surface area contributed by atoms with E-state index in [1.54, 1.807) is 0 Å². The Hall–Kier alpha value is -3.00. The Bertz CT molecular complexity index is 1150. The van der Waals surface area contributed by atoms with Gasteiger partial charge < -0.3 is 4.42 Å². The molecule has 0 bridgehead atoms. The molecule has 3 aromatic carbocycles. The molecule has 2 nitrogen and oxygen atoms in total. The van der Waals surface area contributed by atoms with E-state index in [1.807, 2.05) is 6.07 Å². The van der Waals surface area contributed by atoms with E-state index in [1.165, 1.54) is 44.6 Å². The maximum absolute atomic E-state index is 6.46. The molecule has 27 heavy (non-hydrogen) atoms. The average molecular weight is 353 g/mol. The molecule has 1 aliphatic rings. The van der Waals surface area contributed by atoms with Crippen molar-refractivity contribution in [3.8, 4) is 0 Å². The van der Waals surface area contributed by atoms with Gasteiger partial charge in [-0.25, -0.2) is 0 Å². The van der Waals surface area contributed by atoms with E-state index in [4.69, 9.17) is 4.42 Å². The van der Waals surface area contributed by atoms with Gasteiger partial charge in [0, 0.05) is 10.9 Å². The Kier molecular flexibility index (Phi) is 3.61. The fourth-order valence-corrected chi connectivity index (χ4v) is 4.56. The maximum Gasteiger partial charge on any atom is 0.209 e. The Labute approximate surface area is 160 Å². The van der Waals surface area contributed by atoms with Crippen LogP contribution in [0.3, 0.4) is 0 Å². The average Bonchev–Trinajstić information content (AvgIpc) is 2.93. The lowest BCUT2D eigenvalue weighted by Crippen LogP contribution is -2.13. The van der Waals surface area contributed by atoms with Gasteiger partial charge in [-0.2, -0.15) is 0 Å². The lowest BCUT2D eigenvalue weighted by Gasteiger charge is -2.27. The van der Waals surface area contributed by atoms with Crippen molar-refractivity contribution in [2.24, 2.45) is 0 Å².